The van der Waals surface area contributed by atoms with Gasteiger partial charge in [0.15, 0.2) is 5.69 Å². The highest BCUT2D eigenvalue weighted by Crippen LogP contribution is 2.40. The van der Waals surface area contributed by atoms with Crippen LogP contribution in [0.15, 0.2) is 10.6 Å². The molecule has 6 nitrogen and oxygen atoms in total. The standard InChI is InChI=1S/C14H18N2O4/c1-8-4-12(15-20-8)14(19)16-10-2-3-11(16)6-9(5-10)7-13(17)18/h4,9-11H,2-3,5-7H2,1H3,(H,17,18). The molecule has 1 aromatic heterocycles. The lowest BCUT2D eigenvalue weighted by Gasteiger charge is -2.38. The van der Waals surface area contributed by atoms with E-state index in [1.807, 2.05) is 4.90 Å². The second-order valence-corrected chi connectivity index (χ2v) is 5.86. The molecule has 0 radical (unpaired) electrons. The van der Waals surface area contributed by atoms with E-state index >= 15 is 0 Å². The summed E-state index contributed by atoms with van der Waals surface area (Å²) in [6, 6.07) is 1.97. The molecule has 6 heteroatoms. The molecule has 2 atom stereocenters. The largest absolute Gasteiger partial charge is 0.481 e. The molecule has 0 saturated carbocycles. The van der Waals surface area contributed by atoms with E-state index in [0.717, 1.165) is 25.7 Å². The summed E-state index contributed by atoms with van der Waals surface area (Å²) in [5.74, 6) is -0.0148. The number of nitrogens with zero attached hydrogens (tertiary/aromatic N) is 2. The zero-order chi connectivity index (χ0) is 14.3. The lowest BCUT2D eigenvalue weighted by atomic mass is 9.88. The van der Waals surface area contributed by atoms with Crippen LogP contribution in [0.4, 0.5) is 0 Å². The van der Waals surface area contributed by atoms with E-state index in [2.05, 4.69) is 5.16 Å². The van der Waals surface area contributed by atoms with Crippen molar-refractivity contribution >= 4 is 11.9 Å². The van der Waals surface area contributed by atoms with Crippen LogP contribution in [0.3, 0.4) is 0 Å². The summed E-state index contributed by atoms with van der Waals surface area (Å²) in [6.45, 7) is 1.76. The van der Waals surface area contributed by atoms with Gasteiger partial charge in [0.05, 0.1) is 0 Å². The summed E-state index contributed by atoms with van der Waals surface area (Å²) < 4.78 is 4.97. The number of carbonyl (C=O) groups excluding carboxylic acids is 1. The first-order chi connectivity index (χ1) is 9.54. The van der Waals surface area contributed by atoms with Gasteiger partial charge in [0.25, 0.3) is 5.91 Å². The average molecular weight is 278 g/mol. The Labute approximate surface area is 116 Å². The van der Waals surface area contributed by atoms with E-state index in [1.54, 1.807) is 13.0 Å². The normalized spacial score (nSPS) is 28.6. The molecule has 1 aromatic rings. The Morgan fingerprint density at radius 2 is 2.05 bits per heavy atom. The van der Waals surface area contributed by atoms with Gasteiger partial charge < -0.3 is 14.5 Å². The van der Waals surface area contributed by atoms with Crippen molar-refractivity contribution in [2.45, 2.75) is 51.1 Å². The minimum absolute atomic E-state index is 0.0804. The Kier molecular flexibility index (Phi) is 3.23. The summed E-state index contributed by atoms with van der Waals surface area (Å²) in [5.41, 5.74) is 0.357. The van der Waals surface area contributed by atoms with E-state index in [0.29, 0.717) is 11.5 Å². The van der Waals surface area contributed by atoms with Gasteiger partial charge >= 0.3 is 5.97 Å². The highest BCUT2D eigenvalue weighted by molar-refractivity contribution is 5.93. The maximum absolute atomic E-state index is 12.5. The number of carboxylic acid groups (broad SMARTS) is 1. The quantitative estimate of drug-likeness (QED) is 0.912. The van der Waals surface area contributed by atoms with Crippen molar-refractivity contribution in [3.05, 3.63) is 17.5 Å². The van der Waals surface area contributed by atoms with Crippen LogP contribution in [-0.2, 0) is 4.79 Å². The molecule has 3 heterocycles. The molecule has 1 amide bonds. The topological polar surface area (TPSA) is 83.6 Å². The third-order valence-electron chi connectivity index (χ3n) is 4.38. The Hall–Kier alpha value is -1.85. The summed E-state index contributed by atoms with van der Waals surface area (Å²) in [5, 5.41) is 12.7. The molecule has 1 N–H and O–H groups in total. The molecule has 2 bridgehead atoms. The molecular formula is C14H18N2O4. The van der Waals surface area contributed by atoms with E-state index in [-0.39, 0.29) is 30.3 Å². The Balaban J connectivity index is 1.74. The Bertz CT molecular complexity index is 525. The monoisotopic (exact) mass is 278 g/mol. The van der Waals surface area contributed by atoms with Gasteiger partial charge in [-0.3, -0.25) is 9.59 Å². The van der Waals surface area contributed by atoms with Crippen LogP contribution in [0.2, 0.25) is 0 Å². The Morgan fingerprint density at radius 3 is 2.55 bits per heavy atom. The van der Waals surface area contributed by atoms with Gasteiger partial charge in [-0.05, 0) is 38.5 Å². The number of hydrogen-bond acceptors (Lipinski definition) is 4. The van der Waals surface area contributed by atoms with Crippen LogP contribution in [0.25, 0.3) is 0 Å². The number of carbonyl (C=O) groups is 2. The summed E-state index contributed by atoms with van der Waals surface area (Å²) >= 11 is 0. The van der Waals surface area contributed by atoms with Crippen molar-refractivity contribution in [2.75, 3.05) is 0 Å². The van der Waals surface area contributed by atoms with Crippen LogP contribution in [0, 0.1) is 12.8 Å². The molecule has 0 aliphatic carbocycles. The Morgan fingerprint density at radius 1 is 1.40 bits per heavy atom. The van der Waals surface area contributed by atoms with Crippen LogP contribution in [-0.4, -0.2) is 39.1 Å². The van der Waals surface area contributed by atoms with Gasteiger partial charge in [0.1, 0.15) is 5.76 Å². The van der Waals surface area contributed by atoms with Crippen LogP contribution < -0.4 is 0 Å². The van der Waals surface area contributed by atoms with E-state index in [4.69, 9.17) is 9.63 Å². The summed E-state index contributed by atoms with van der Waals surface area (Å²) in [7, 11) is 0. The first-order valence-corrected chi connectivity index (χ1v) is 7.02. The number of piperidine rings is 1. The molecule has 20 heavy (non-hydrogen) atoms. The molecule has 3 rings (SSSR count). The average Bonchev–Trinajstić information content (AvgIpc) is 2.91. The predicted octanol–water partition coefficient (Wildman–Crippen LogP) is 1.84. The smallest absolute Gasteiger partial charge is 0.303 e. The number of rotatable bonds is 3. The van der Waals surface area contributed by atoms with Gasteiger partial charge in [-0.2, -0.15) is 0 Å². The number of aliphatic carboxylic acids is 1. The minimum Gasteiger partial charge on any atom is -0.481 e. The molecule has 0 spiro atoms. The lowest BCUT2D eigenvalue weighted by Crippen LogP contribution is -2.47. The number of hydrogen-bond donors (Lipinski definition) is 1. The number of aryl methyl sites for hydroxylation is 1. The molecular weight excluding hydrogens is 260 g/mol. The fourth-order valence-electron chi connectivity index (χ4n) is 3.63. The first kappa shape index (κ1) is 13.1. The van der Waals surface area contributed by atoms with E-state index in [1.165, 1.54) is 0 Å². The molecule has 2 aliphatic rings. The molecule has 2 unspecified atom stereocenters. The maximum Gasteiger partial charge on any atom is 0.303 e. The highest BCUT2D eigenvalue weighted by Gasteiger charge is 2.44. The molecule has 2 fully saturated rings. The second kappa shape index (κ2) is 4.92. The highest BCUT2D eigenvalue weighted by atomic mass is 16.5. The summed E-state index contributed by atoms with van der Waals surface area (Å²) in [6.07, 6.45) is 3.70. The molecule has 2 saturated heterocycles. The van der Waals surface area contributed by atoms with E-state index < -0.39 is 5.97 Å². The number of fused-ring (bicyclic) bond motifs is 2. The van der Waals surface area contributed by atoms with E-state index in [9.17, 15) is 9.59 Å². The third-order valence-corrected chi connectivity index (χ3v) is 4.38. The fourth-order valence-corrected chi connectivity index (χ4v) is 3.63. The van der Waals surface area contributed by atoms with Crippen molar-refractivity contribution in [1.29, 1.82) is 0 Å². The number of aromatic nitrogens is 1. The van der Waals surface area contributed by atoms with Gasteiger partial charge in [0.2, 0.25) is 0 Å². The SMILES string of the molecule is Cc1cc(C(=O)N2C3CCC2CC(CC(=O)O)C3)no1. The fraction of sp³-hybridized carbons (Fsp3) is 0.643. The minimum atomic E-state index is -0.749. The predicted molar refractivity (Wildman–Crippen MR) is 69.2 cm³/mol. The van der Waals surface area contributed by atoms with Crippen molar-refractivity contribution in [3.63, 3.8) is 0 Å². The van der Waals surface area contributed by atoms with Crippen molar-refractivity contribution in [3.8, 4) is 0 Å². The van der Waals surface area contributed by atoms with Gasteiger partial charge in [-0.1, -0.05) is 5.16 Å². The van der Waals surface area contributed by atoms with Crippen molar-refractivity contribution in [2.24, 2.45) is 5.92 Å². The van der Waals surface area contributed by atoms with Crippen LogP contribution in [0.5, 0.6) is 0 Å². The molecule has 2 aliphatic heterocycles. The zero-order valence-corrected chi connectivity index (χ0v) is 11.4. The summed E-state index contributed by atoms with van der Waals surface area (Å²) in [4.78, 5) is 25.2. The van der Waals surface area contributed by atoms with Crippen molar-refractivity contribution < 1.29 is 19.2 Å². The van der Waals surface area contributed by atoms with Crippen LogP contribution in [0.1, 0.15) is 48.4 Å². The zero-order valence-electron chi connectivity index (χ0n) is 11.4. The second-order valence-electron chi connectivity index (χ2n) is 5.86. The molecule has 108 valence electrons. The number of amides is 1. The van der Waals surface area contributed by atoms with Gasteiger partial charge in [0, 0.05) is 24.6 Å². The van der Waals surface area contributed by atoms with Crippen molar-refractivity contribution in [1.82, 2.24) is 10.1 Å². The van der Waals surface area contributed by atoms with Gasteiger partial charge in [-0.15, -0.1) is 0 Å². The molecule has 0 aromatic carbocycles. The van der Waals surface area contributed by atoms with Gasteiger partial charge in [-0.25, -0.2) is 0 Å². The number of carboxylic acids is 1. The lowest BCUT2D eigenvalue weighted by molar-refractivity contribution is -0.138. The first-order valence-electron chi connectivity index (χ1n) is 7.02. The van der Waals surface area contributed by atoms with Crippen LogP contribution >= 0.6 is 0 Å². The maximum atomic E-state index is 12.5. The third kappa shape index (κ3) is 2.30.